The second kappa shape index (κ2) is 6.01. The van der Waals surface area contributed by atoms with Crippen molar-refractivity contribution < 1.29 is 4.92 Å². The van der Waals surface area contributed by atoms with E-state index in [0.717, 1.165) is 31.7 Å². The maximum atomic E-state index is 11.1. The Morgan fingerprint density at radius 1 is 1.21 bits per heavy atom. The van der Waals surface area contributed by atoms with Crippen LogP contribution in [0.3, 0.4) is 0 Å². The van der Waals surface area contributed by atoms with Crippen molar-refractivity contribution in [1.29, 1.82) is 0 Å². The van der Waals surface area contributed by atoms with Gasteiger partial charge in [0, 0.05) is 31.2 Å². The fourth-order valence-electron chi connectivity index (χ4n) is 4.07. The molecule has 4 heterocycles. The van der Waals surface area contributed by atoms with Gasteiger partial charge in [-0.1, -0.05) is 9.61 Å². The van der Waals surface area contributed by atoms with Crippen LogP contribution in [-0.2, 0) is 0 Å². The van der Waals surface area contributed by atoms with E-state index in [-0.39, 0.29) is 5.82 Å². The Bertz CT molecular complexity index is 752. The number of imidazole rings is 1. The van der Waals surface area contributed by atoms with E-state index in [4.69, 9.17) is 0 Å². The summed E-state index contributed by atoms with van der Waals surface area (Å²) in [5, 5.41) is 15.5. The van der Waals surface area contributed by atoms with Crippen LogP contribution in [-0.4, -0.2) is 56.1 Å². The summed E-state index contributed by atoms with van der Waals surface area (Å²) in [5.41, 5.74) is 0.506. The monoisotopic (exact) mass is 330 g/mol. The zero-order valence-electron chi connectivity index (χ0n) is 13.8. The minimum Gasteiger partial charge on any atom is -0.358 e. The van der Waals surface area contributed by atoms with Crippen LogP contribution in [0.5, 0.6) is 0 Å². The summed E-state index contributed by atoms with van der Waals surface area (Å²) in [7, 11) is 0. The highest BCUT2D eigenvalue weighted by molar-refractivity contribution is 5.49. The summed E-state index contributed by atoms with van der Waals surface area (Å²) in [4.78, 5) is 19.5. The van der Waals surface area contributed by atoms with Gasteiger partial charge in [-0.3, -0.25) is 4.90 Å². The molecule has 1 unspecified atom stereocenters. The van der Waals surface area contributed by atoms with E-state index in [0.29, 0.717) is 17.7 Å². The fourth-order valence-corrected chi connectivity index (χ4v) is 4.07. The quantitative estimate of drug-likeness (QED) is 0.633. The minimum absolute atomic E-state index is 0.0902. The standard InChI is InChI=1S/C16H22N6O2/c1-12-3-2-8-20(12)13-6-9-19(10-7-13)15-5-4-14-17-11-16(22(23)24)21(14)18-15/h4-5,11-13H,2-3,6-10H2,1H3. The molecule has 0 bridgehead atoms. The maximum Gasteiger partial charge on any atom is 0.368 e. The zero-order chi connectivity index (χ0) is 16.7. The number of fused-ring (bicyclic) bond motifs is 1. The molecule has 0 radical (unpaired) electrons. The number of piperidine rings is 1. The molecule has 0 aliphatic carbocycles. The van der Waals surface area contributed by atoms with Crippen molar-refractivity contribution in [3.05, 3.63) is 28.4 Å². The summed E-state index contributed by atoms with van der Waals surface area (Å²) >= 11 is 0. The molecule has 8 nitrogen and oxygen atoms in total. The Morgan fingerprint density at radius 3 is 2.67 bits per heavy atom. The smallest absolute Gasteiger partial charge is 0.358 e. The van der Waals surface area contributed by atoms with Gasteiger partial charge >= 0.3 is 5.82 Å². The lowest BCUT2D eigenvalue weighted by atomic mass is 10.0. The predicted octanol–water partition coefficient (Wildman–Crippen LogP) is 2.09. The van der Waals surface area contributed by atoms with E-state index < -0.39 is 4.92 Å². The van der Waals surface area contributed by atoms with Crippen LogP contribution >= 0.6 is 0 Å². The Labute approximate surface area is 140 Å². The Hall–Kier alpha value is -2.22. The molecule has 0 aromatic carbocycles. The van der Waals surface area contributed by atoms with Crippen LogP contribution in [0.25, 0.3) is 5.65 Å². The topological polar surface area (TPSA) is 79.8 Å². The summed E-state index contributed by atoms with van der Waals surface area (Å²) < 4.78 is 1.32. The number of hydrogen-bond donors (Lipinski definition) is 0. The highest BCUT2D eigenvalue weighted by Crippen LogP contribution is 2.27. The lowest BCUT2D eigenvalue weighted by Crippen LogP contribution is -2.46. The van der Waals surface area contributed by atoms with E-state index in [1.165, 1.54) is 30.1 Å². The number of rotatable bonds is 3. The first kappa shape index (κ1) is 15.3. The van der Waals surface area contributed by atoms with Crippen LogP contribution < -0.4 is 4.90 Å². The van der Waals surface area contributed by atoms with Crippen LogP contribution in [0.1, 0.15) is 32.6 Å². The van der Waals surface area contributed by atoms with Gasteiger partial charge in [0.05, 0.1) is 0 Å². The van der Waals surface area contributed by atoms with Crippen LogP contribution in [0, 0.1) is 10.1 Å². The molecule has 1 atom stereocenters. The molecular formula is C16H22N6O2. The van der Waals surface area contributed by atoms with Crippen LogP contribution in [0.4, 0.5) is 11.6 Å². The molecule has 128 valence electrons. The van der Waals surface area contributed by atoms with Crippen molar-refractivity contribution in [2.75, 3.05) is 24.5 Å². The first-order valence-corrected chi connectivity index (χ1v) is 8.63. The van der Waals surface area contributed by atoms with Crippen LogP contribution in [0.2, 0.25) is 0 Å². The van der Waals surface area contributed by atoms with E-state index in [2.05, 4.69) is 26.8 Å². The number of likely N-dealkylation sites (tertiary alicyclic amines) is 1. The molecular weight excluding hydrogens is 308 g/mol. The Morgan fingerprint density at radius 2 is 2.00 bits per heavy atom. The summed E-state index contributed by atoms with van der Waals surface area (Å²) in [6.07, 6.45) is 6.12. The Balaban J connectivity index is 1.50. The van der Waals surface area contributed by atoms with Crippen LogP contribution in [0.15, 0.2) is 18.3 Å². The molecule has 2 aliphatic heterocycles. The molecule has 2 saturated heterocycles. The largest absolute Gasteiger partial charge is 0.368 e. The highest BCUT2D eigenvalue weighted by atomic mass is 16.6. The summed E-state index contributed by atoms with van der Waals surface area (Å²) in [6, 6.07) is 5.06. The fraction of sp³-hybridized carbons (Fsp3) is 0.625. The molecule has 2 aromatic rings. The van der Waals surface area contributed by atoms with Gasteiger partial charge in [0.1, 0.15) is 6.20 Å². The van der Waals surface area contributed by atoms with Gasteiger partial charge in [0.2, 0.25) is 5.65 Å². The highest BCUT2D eigenvalue weighted by Gasteiger charge is 2.31. The average Bonchev–Trinajstić information content (AvgIpc) is 3.20. The van der Waals surface area contributed by atoms with Gasteiger partial charge in [-0.15, -0.1) is 0 Å². The van der Waals surface area contributed by atoms with E-state index in [1.807, 2.05) is 6.07 Å². The van der Waals surface area contributed by atoms with E-state index >= 15 is 0 Å². The second-order valence-corrected chi connectivity index (χ2v) is 6.78. The van der Waals surface area contributed by atoms with Gasteiger partial charge in [-0.05, 0) is 50.1 Å². The number of hydrogen-bond acceptors (Lipinski definition) is 6. The van der Waals surface area contributed by atoms with E-state index in [9.17, 15) is 10.1 Å². The van der Waals surface area contributed by atoms with Gasteiger partial charge < -0.3 is 15.0 Å². The molecule has 0 saturated carbocycles. The lowest BCUT2D eigenvalue weighted by molar-refractivity contribution is -0.391. The number of nitrogens with zero attached hydrogens (tertiary/aromatic N) is 6. The number of nitro groups is 1. The van der Waals surface area contributed by atoms with Crippen molar-refractivity contribution in [3.8, 4) is 0 Å². The molecule has 0 amide bonds. The maximum absolute atomic E-state index is 11.1. The zero-order valence-corrected chi connectivity index (χ0v) is 13.8. The molecule has 4 rings (SSSR count). The number of aromatic nitrogens is 3. The predicted molar refractivity (Wildman–Crippen MR) is 90.3 cm³/mol. The molecule has 2 aromatic heterocycles. The third-order valence-electron chi connectivity index (χ3n) is 5.38. The average molecular weight is 330 g/mol. The molecule has 2 aliphatic rings. The lowest BCUT2D eigenvalue weighted by Gasteiger charge is -2.38. The molecule has 24 heavy (non-hydrogen) atoms. The van der Waals surface area contributed by atoms with Gasteiger partial charge in [0.15, 0.2) is 5.82 Å². The first-order chi connectivity index (χ1) is 11.6. The third-order valence-corrected chi connectivity index (χ3v) is 5.38. The molecule has 2 fully saturated rings. The SMILES string of the molecule is CC1CCCN1C1CCN(c2ccc3ncc([N+](=O)[O-])n3n2)CC1. The molecule has 0 spiro atoms. The van der Waals surface area contributed by atoms with Gasteiger partial charge in [-0.2, -0.15) is 0 Å². The normalized spacial score (nSPS) is 23.2. The van der Waals surface area contributed by atoms with Crippen molar-refractivity contribution in [2.24, 2.45) is 0 Å². The second-order valence-electron chi connectivity index (χ2n) is 6.78. The summed E-state index contributed by atoms with van der Waals surface area (Å²) in [6.45, 7) is 5.42. The Kier molecular flexibility index (Phi) is 3.84. The minimum atomic E-state index is -0.447. The molecule has 0 N–H and O–H groups in total. The summed E-state index contributed by atoms with van der Waals surface area (Å²) in [5.74, 6) is 0.698. The van der Waals surface area contributed by atoms with Gasteiger partial charge in [0.25, 0.3) is 0 Å². The third kappa shape index (κ3) is 2.60. The number of anilines is 1. The van der Waals surface area contributed by atoms with Crippen molar-refractivity contribution in [2.45, 2.75) is 44.7 Å². The molecule has 8 heteroatoms. The van der Waals surface area contributed by atoms with E-state index in [1.54, 1.807) is 6.07 Å². The van der Waals surface area contributed by atoms with Crippen molar-refractivity contribution in [1.82, 2.24) is 19.5 Å². The van der Waals surface area contributed by atoms with Crippen molar-refractivity contribution >= 4 is 17.3 Å². The van der Waals surface area contributed by atoms with Crippen molar-refractivity contribution in [3.63, 3.8) is 0 Å². The van der Waals surface area contributed by atoms with Gasteiger partial charge in [-0.25, -0.2) is 4.98 Å². The first-order valence-electron chi connectivity index (χ1n) is 8.63.